The highest BCUT2D eigenvalue weighted by Gasteiger charge is 2.28. The van der Waals surface area contributed by atoms with Crippen LogP contribution in [0, 0.1) is 0 Å². The summed E-state index contributed by atoms with van der Waals surface area (Å²) in [5.41, 5.74) is 1.73. The lowest BCUT2D eigenvalue weighted by Crippen LogP contribution is -2.37. The molecule has 0 aromatic heterocycles. The molecule has 0 aliphatic carbocycles. The summed E-state index contributed by atoms with van der Waals surface area (Å²) in [4.78, 5) is 38.8. The molecule has 10 heteroatoms. The van der Waals surface area contributed by atoms with Gasteiger partial charge in [0.25, 0.3) is 15.9 Å². The number of fused-ring (bicyclic) bond motifs is 1. The Balaban J connectivity index is 1.40. The van der Waals surface area contributed by atoms with E-state index in [9.17, 15) is 22.8 Å². The van der Waals surface area contributed by atoms with Gasteiger partial charge in [0.2, 0.25) is 11.8 Å². The van der Waals surface area contributed by atoms with Gasteiger partial charge in [0.05, 0.1) is 17.9 Å². The fourth-order valence-corrected chi connectivity index (χ4v) is 4.18. The summed E-state index contributed by atoms with van der Waals surface area (Å²) in [6.45, 7) is 0.463. The molecule has 9 nitrogen and oxygen atoms in total. The minimum Gasteiger partial charge on any atom is -0.330 e. The van der Waals surface area contributed by atoms with E-state index in [0.717, 1.165) is 5.56 Å². The van der Waals surface area contributed by atoms with Crippen molar-refractivity contribution in [2.24, 2.45) is 4.40 Å². The number of benzene rings is 1. The van der Waals surface area contributed by atoms with E-state index in [0.29, 0.717) is 17.1 Å². The molecule has 1 saturated heterocycles. The fraction of sp³-hybridized carbons (Fsp3) is 0.263. The Hall–Kier alpha value is -3.27. The zero-order valence-corrected chi connectivity index (χ0v) is 16.2. The number of amides is 3. The van der Waals surface area contributed by atoms with Crippen LogP contribution < -0.4 is 5.32 Å². The summed E-state index contributed by atoms with van der Waals surface area (Å²) in [5, 5.41) is 2.77. The van der Waals surface area contributed by atoms with Crippen molar-refractivity contribution in [2.75, 3.05) is 17.6 Å². The van der Waals surface area contributed by atoms with Crippen LogP contribution in [0.15, 0.2) is 52.6 Å². The van der Waals surface area contributed by atoms with Gasteiger partial charge >= 0.3 is 0 Å². The molecular formula is C19H18N4O5S. The molecule has 150 valence electrons. The summed E-state index contributed by atoms with van der Waals surface area (Å²) in [6, 6.07) is 6.90. The zero-order valence-electron chi connectivity index (χ0n) is 15.4. The van der Waals surface area contributed by atoms with Gasteiger partial charge in [-0.15, -0.1) is 4.40 Å². The molecule has 29 heavy (non-hydrogen) atoms. The van der Waals surface area contributed by atoms with Crippen LogP contribution in [0.3, 0.4) is 0 Å². The molecule has 3 heterocycles. The Morgan fingerprint density at radius 2 is 1.76 bits per heavy atom. The molecule has 1 aromatic carbocycles. The van der Waals surface area contributed by atoms with E-state index in [2.05, 4.69) is 9.71 Å². The highest BCUT2D eigenvalue weighted by atomic mass is 32.2. The molecule has 0 unspecified atom stereocenters. The predicted octanol–water partition coefficient (Wildman–Crippen LogP) is 0.772. The van der Waals surface area contributed by atoms with Gasteiger partial charge in [0.15, 0.2) is 0 Å². The van der Waals surface area contributed by atoms with Crippen molar-refractivity contribution in [3.63, 3.8) is 0 Å². The van der Waals surface area contributed by atoms with Crippen molar-refractivity contribution in [1.82, 2.24) is 9.80 Å². The second kappa shape index (κ2) is 7.28. The summed E-state index contributed by atoms with van der Waals surface area (Å²) in [7, 11) is -3.44. The van der Waals surface area contributed by atoms with Crippen LogP contribution in [-0.4, -0.2) is 54.1 Å². The molecule has 1 aromatic rings. The Morgan fingerprint density at radius 3 is 2.45 bits per heavy atom. The number of nitrogens with one attached hydrogen (secondary N) is 1. The number of carbonyl (C=O) groups excluding carboxylic acids is 3. The van der Waals surface area contributed by atoms with E-state index in [4.69, 9.17) is 0 Å². The molecular weight excluding hydrogens is 396 g/mol. The minimum atomic E-state index is -3.44. The van der Waals surface area contributed by atoms with Gasteiger partial charge in [-0.05, 0) is 29.8 Å². The zero-order chi connectivity index (χ0) is 20.6. The van der Waals surface area contributed by atoms with E-state index in [1.54, 1.807) is 35.4 Å². The molecule has 0 saturated carbocycles. The lowest BCUT2D eigenvalue weighted by atomic mass is 10.1. The van der Waals surface area contributed by atoms with E-state index < -0.39 is 10.0 Å². The second-order valence-corrected chi connectivity index (χ2v) is 8.63. The highest BCUT2D eigenvalue weighted by molar-refractivity contribution is 7.90. The molecule has 3 amide bonds. The third kappa shape index (κ3) is 4.11. The third-order valence-corrected chi connectivity index (χ3v) is 5.96. The minimum absolute atomic E-state index is 0.0980. The number of imide groups is 1. The van der Waals surface area contributed by atoms with Gasteiger partial charge in [-0.1, -0.05) is 12.1 Å². The maximum atomic E-state index is 12.5. The van der Waals surface area contributed by atoms with Crippen LogP contribution in [-0.2, 0) is 31.0 Å². The number of anilines is 1. The number of hydrogen-bond acceptors (Lipinski definition) is 6. The van der Waals surface area contributed by atoms with Gasteiger partial charge in [-0.2, -0.15) is 0 Å². The van der Waals surface area contributed by atoms with Gasteiger partial charge in [-0.3, -0.25) is 19.3 Å². The maximum absolute atomic E-state index is 12.5. The summed E-state index contributed by atoms with van der Waals surface area (Å²) < 4.78 is 26.8. The van der Waals surface area contributed by atoms with E-state index in [1.807, 2.05) is 0 Å². The predicted molar refractivity (Wildman–Crippen MR) is 105 cm³/mol. The first kappa shape index (κ1) is 19.1. The lowest BCUT2D eigenvalue weighted by Gasteiger charge is -2.26. The summed E-state index contributed by atoms with van der Waals surface area (Å²) in [5.74, 6) is -0.484. The number of amidine groups is 1. The fourth-order valence-electron chi connectivity index (χ4n) is 3.21. The van der Waals surface area contributed by atoms with Crippen molar-refractivity contribution < 1.29 is 22.8 Å². The first-order chi connectivity index (χ1) is 13.8. The Bertz CT molecular complexity index is 1070. The average molecular weight is 414 g/mol. The topological polar surface area (TPSA) is 116 Å². The third-order valence-electron chi connectivity index (χ3n) is 4.79. The molecule has 3 aliphatic heterocycles. The number of hydrogen-bond donors (Lipinski definition) is 1. The van der Waals surface area contributed by atoms with Gasteiger partial charge in [0, 0.05) is 31.3 Å². The number of sulfonamides is 1. The molecule has 1 fully saturated rings. The highest BCUT2D eigenvalue weighted by Crippen LogP contribution is 2.19. The first-order valence-electron chi connectivity index (χ1n) is 9.03. The van der Waals surface area contributed by atoms with Crippen molar-refractivity contribution in [3.8, 4) is 0 Å². The smallest absolute Gasteiger partial charge is 0.257 e. The van der Waals surface area contributed by atoms with Crippen molar-refractivity contribution in [3.05, 3.63) is 53.8 Å². The first-order valence-corrected chi connectivity index (χ1v) is 10.6. The van der Waals surface area contributed by atoms with Crippen LogP contribution in [0.4, 0.5) is 5.69 Å². The summed E-state index contributed by atoms with van der Waals surface area (Å²) >= 11 is 0. The van der Waals surface area contributed by atoms with Crippen LogP contribution in [0.2, 0.25) is 0 Å². The van der Waals surface area contributed by atoms with Crippen LogP contribution in [0.5, 0.6) is 0 Å². The van der Waals surface area contributed by atoms with Crippen LogP contribution >= 0.6 is 0 Å². The standard InChI is InChI=1S/C19H18N4O5S/c24-17-7-8-18(25)23(17)11-13-1-4-15(5-2-13)20-19(26)14-3-6-16-21-29(27,28)10-9-22(16)12-14/h1-6,12H,7-11H2,(H,20,26). The number of rotatable bonds is 4. The van der Waals surface area contributed by atoms with Crippen LogP contribution in [0.1, 0.15) is 18.4 Å². The molecule has 0 atom stereocenters. The van der Waals surface area contributed by atoms with Gasteiger partial charge < -0.3 is 10.2 Å². The summed E-state index contributed by atoms with van der Waals surface area (Å²) in [6.07, 6.45) is 5.10. The molecule has 0 bridgehead atoms. The largest absolute Gasteiger partial charge is 0.330 e. The monoisotopic (exact) mass is 414 g/mol. The molecule has 3 aliphatic rings. The molecule has 0 radical (unpaired) electrons. The maximum Gasteiger partial charge on any atom is 0.257 e. The molecule has 0 spiro atoms. The Labute approximate surface area is 167 Å². The van der Waals surface area contributed by atoms with E-state index in [1.165, 1.54) is 17.1 Å². The number of likely N-dealkylation sites (tertiary alicyclic amines) is 1. The lowest BCUT2D eigenvalue weighted by molar-refractivity contribution is -0.139. The SMILES string of the molecule is O=C(Nc1ccc(CN2C(=O)CCC2=O)cc1)C1=CN2CCS(=O)(=O)N=C2C=C1. The van der Waals surface area contributed by atoms with Crippen LogP contribution in [0.25, 0.3) is 0 Å². The van der Waals surface area contributed by atoms with Gasteiger partial charge in [-0.25, -0.2) is 8.42 Å². The number of nitrogens with zero attached hydrogens (tertiary/aromatic N) is 3. The molecule has 1 N–H and O–H groups in total. The van der Waals surface area contributed by atoms with E-state index in [-0.39, 0.29) is 49.4 Å². The Morgan fingerprint density at radius 1 is 1.07 bits per heavy atom. The molecule has 4 rings (SSSR count). The van der Waals surface area contributed by atoms with Gasteiger partial charge in [0.1, 0.15) is 5.84 Å². The van der Waals surface area contributed by atoms with Crippen molar-refractivity contribution >= 4 is 39.3 Å². The Kier molecular flexibility index (Phi) is 4.79. The van der Waals surface area contributed by atoms with Crippen molar-refractivity contribution in [1.29, 1.82) is 0 Å². The quantitative estimate of drug-likeness (QED) is 0.728. The normalized spacial score (nSPS) is 20.3. The van der Waals surface area contributed by atoms with Crippen molar-refractivity contribution in [2.45, 2.75) is 19.4 Å². The number of carbonyl (C=O) groups is 3. The van der Waals surface area contributed by atoms with E-state index >= 15 is 0 Å². The second-order valence-electron chi connectivity index (χ2n) is 6.87. The average Bonchev–Trinajstić information content (AvgIpc) is 3.00.